The van der Waals surface area contributed by atoms with Crippen LogP contribution in [0.1, 0.15) is 77.6 Å². The predicted molar refractivity (Wildman–Crippen MR) is 137 cm³/mol. The third kappa shape index (κ3) is 5.12. The first-order valence-electron chi connectivity index (χ1n) is 13.8. The molecule has 6 rings (SSSR count). The molecule has 2 aromatic carbocycles. The number of nitrogens with zero attached hydrogens (tertiary/aromatic N) is 1. The molecule has 1 saturated heterocycles. The first-order valence-corrected chi connectivity index (χ1v) is 13.8. The van der Waals surface area contributed by atoms with Crippen LogP contribution in [0.15, 0.2) is 36.4 Å². The molecule has 5 heteroatoms. The monoisotopic (exact) mass is 474 g/mol. The number of amides is 1. The second-order valence-electron chi connectivity index (χ2n) is 10.9. The third-order valence-electron chi connectivity index (χ3n) is 8.47. The molecule has 2 atom stereocenters. The molecule has 2 heterocycles. The summed E-state index contributed by atoms with van der Waals surface area (Å²) < 4.78 is 11.6. The van der Waals surface area contributed by atoms with Crippen LogP contribution in [-0.2, 0) is 30.5 Å². The number of rotatable bonds is 7. The van der Waals surface area contributed by atoms with Crippen LogP contribution in [0.25, 0.3) is 0 Å². The Bertz CT molecular complexity index is 1060. The van der Waals surface area contributed by atoms with Crippen molar-refractivity contribution in [1.82, 2.24) is 10.2 Å². The molecule has 2 aliphatic heterocycles. The standard InChI is InChI=1S/C30H38N2O3/c33-30-29-11-10-27(35-20-28-7-4-14-34-28)18-23(29)12-13-32(30)26-16-22-9-8-21(15-24(22)17-26)19-31-25-5-2-1-3-6-25/h8-11,15,18,25-26,28,31H,1-7,12-14,16-17,19-20H2. The van der Waals surface area contributed by atoms with Crippen molar-refractivity contribution in [2.24, 2.45) is 0 Å². The van der Waals surface area contributed by atoms with E-state index >= 15 is 0 Å². The van der Waals surface area contributed by atoms with Gasteiger partial charge in [0.05, 0.1) is 6.10 Å². The molecule has 0 spiro atoms. The fraction of sp³-hybridized carbons (Fsp3) is 0.567. The Morgan fingerprint density at radius 3 is 2.69 bits per heavy atom. The van der Waals surface area contributed by atoms with Gasteiger partial charge in [-0.25, -0.2) is 0 Å². The summed E-state index contributed by atoms with van der Waals surface area (Å²) in [5.74, 6) is 1.03. The van der Waals surface area contributed by atoms with Gasteiger partial charge in [0.25, 0.3) is 5.91 Å². The van der Waals surface area contributed by atoms with E-state index in [1.54, 1.807) is 0 Å². The van der Waals surface area contributed by atoms with Crippen LogP contribution in [0.2, 0.25) is 0 Å². The van der Waals surface area contributed by atoms with E-state index in [-0.39, 0.29) is 18.1 Å². The van der Waals surface area contributed by atoms with Crippen molar-refractivity contribution in [2.75, 3.05) is 19.8 Å². The number of ether oxygens (including phenoxy) is 2. The highest BCUT2D eigenvalue weighted by Crippen LogP contribution is 2.32. The second kappa shape index (κ2) is 10.3. The van der Waals surface area contributed by atoms with Crippen LogP contribution in [0.3, 0.4) is 0 Å². The molecule has 1 amide bonds. The number of benzene rings is 2. The minimum atomic E-state index is 0.175. The van der Waals surface area contributed by atoms with E-state index in [1.165, 1.54) is 48.8 Å². The molecule has 2 aliphatic carbocycles. The van der Waals surface area contributed by atoms with Crippen molar-refractivity contribution in [2.45, 2.75) is 88.9 Å². The molecule has 0 bridgehead atoms. The lowest BCUT2D eigenvalue weighted by atomic mass is 9.95. The Labute approximate surface area is 209 Å². The molecular formula is C30H38N2O3. The molecular weight excluding hydrogens is 436 g/mol. The van der Waals surface area contributed by atoms with Crippen molar-refractivity contribution in [3.05, 3.63) is 64.2 Å². The van der Waals surface area contributed by atoms with Crippen LogP contribution in [0.5, 0.6) is 5.75 Å². The highest BCUT2D eigenvalue weighted by atomic mass is 16.5. The number of carbonyl (C=O) groups is 1. The average Bonchev–Trinajstić information content (AvgIpc) is 3.57. The molecule has 1 saturated carbocycles. The van der Waals surface area contributed by atoms with Crippen molar-refractivity contribution in [3.63, 3.8) is 0 Å². The predicted octanol–water partition coefficient (Wildman–Crippen LogP) is 4.83. The fourth-order valence-corrected chi connectivity index (χ4v) is 6.43. The molecule has 2 unspecified atom stereocenters. The maximum absolute atomic E-state index is 13.4. The van der Waals surface area contributed by atoms with Gasteiger partial charge in [-0.05, 0) is 85.4 Å². The summed E-state index contributed by atoms with van der Waals surface area (Å²) in [7, 11) is 0. The summed E-state index contributed by atoms with van der Waals surface area (Å²) in [5.41, 5.74) is 6.17. The first-order chi connectivity index (χ1) is 17.2. The summed E-state index contributed by atoms with van der Waals surface area (Å²) >= 11 is 0. The maximum Gasteiger partial charge on any atom is 0.254 e. The van der Waals surface area contributed by atoms with Crippen molar-refractivity contribution >= 4 is 5.91 Å². The van der Waals surface area contributed by atoms with E-state index < -0.39 is 0 Å². The first kappa shape index (κ1) is 23.1. The molecule has 35 heavy (non-hydrogen) atoms. The zero-order valence-corrected chi connectivity index (χ0v) is 20.8. The molecule has 1 N–H and O–H groups in total. The summed E-state index contributed by atoms with van der Waals surface area (Å²) in [5, 5.41) is 3.77. The quantitative estimate of drug-likeness (QED) is 0.624. The smallest absolute Gasteiger partial charge is 0.254 e. The van der Waals surface area contributed by atoms with Gasteiger partial charge in [-0.1, -0.05) is 37.5 Å². The normalized spacial score (nSPS) is 24.5. The summed E-state index contributed by atoms with van der Waals surface area (Å²) in [4.78, 5) is 15.6. The van der Waals surface area contributed by atoms with Gasteiger partial charge in [0.15, 0.2) is 0 Å². The van der Waals surface area contributed by atoms with Gasteiger partial charge in [0.1, 0.15) is 12.4 Å². The minimum absolute atomic E-state index is 0.175. The molecule has 186 valence electrons. The highest BCUT2D eigenvalue weighted by Gasteiger charge is 2.34. The Balaban J connectivity index is 1.07. The molecule has 0 radical (unpaired) electrons. The lowest BCUT2D eigenvalue weighted by Gasteiger charge is -2.33. The van der Waals surface area contributed by atoms with E-state index in [4.69, 9.17) is 9.47 Å². The van der Waals surface area contributed by atoms with Crippen molar-refractivity contribution < 1.29 is 14.3 Å². The zero-order valence-electron chi connectivity index (χ0n) is 20.8. The van der Waals surface area contributed by atoms with Crippen molar-refractivity contribution in [1.29, 1.82) is 0 Å². The summed E-state index contributed by atoms with van der Waals surface area (Å²) in [6, 6.07) is 13.9. The van der Waals surface area contributed by atoms with E-state index in [9.17, 15) is 4.79 Å². The van der Waals surface area contributed by atoms with Crippen molar-refractivity contribution in [3.8, 4) is 5.75 Å². The van der Waals surface area contributed by atoms with Gasteiger partial charge < -0.3 is 19.7 Å². The van der Waals surface area contributed by atoms with E-state index in [2.05, 4.69) is 34.5 Å². The number of fused-ring (bicyclic) bond motifs is 2. The van der Waals surface area contributed by atoms with E-state index in [1.807, 2.05) is 12.1 Å². The van der Waals surface area contributed by atoms with Crippen LogP contribution in [0, 0.1) is 0 Å². The largest absolute Gasteiger partial charge is 0.491 e. The highest BCUT2D eigenvalue weighted by molar-refractivity contribution is 5.97. The average molecular weight is 475 g/mol. The Kier molecular flexibility index (Phi) is 6.80. The Hall–Kier alpha value is -2.37. The second-order valence-corrected chi connectivity index (χ2v) is 10.9. The molecule has 0 aromatic heterocycles. The van der Waals surface area contributed by atoms with Gasteiger partial charge >= 0.3 is 0 Å². The number of nitrogens with one attached hydrogen (secondary N) is 1. The van der Waals surface area contributed by atoms with Crippen LogP contribution >= 0.6 is 0 Å². The van der Waals surface area contributed by atoms with Gasteiger partial charge in [-0.2, -0.15) is 0 Å². The number of carbonyl (C=O) groups excluding carboxylic acids is 1. The Morgan fingerprint density at radius 2 is 1.83 bits per heavy atom. The molecule has 2 fully saturated rings. The van der Waals surface area contributed by atoms with Gasteiger partial charge in [-0.15, -0.1) is 0 Å². The van der Waals surface area contributed by atoms with Gasteiger partial charge in [0, 0.05) is 37.3 Å². The minimum Gasteiger partial charge on any atom is -0.491 e. The van der Waals surface area contributed by atoms with Gasteiger partial charge in [0.2, 0.25) is 0 Å². The lowest BCUT2D eigenvalue weighted by molar-refractivity contribution is 0.0657. The summed E-state index contributed by atoms with van der Waals surface area (Å²) in [6.45, 7) is 3.18. The van der Waals surface area contributed by atoms with Gasteiger partial charge in [-0.3, -0.25) is 4.79 Å². The SMILES string of the molecule is O=C1c2ccc(OCC3CCCO3)cc2CCN1C1Cc2ccc(CNC3CCCCC3)cc2C1. The Morgan fingerprint density at radius 1 is 0.943 bits per heavy atom. The third-order valence-corrected chi connectivity index (χ3v) is 8.47. The number of hydrogen-bond acceptors (Lipinski definition) is 4. The fourth-order valence-electron chi connectivity index (χ4n) is 6.43. The molecule has 2 aromatic rings. The summed E-state index contributed by atoms with van der Waals surface area (Å²) in [6.07, 6.45) is 12.0. The molecule has 5 nitrogen and oxygen atoms in total. The van der Waals surface area contributed by atoms with E-state index in [0.29, 0.717) is 12.6 Å². The maximum atomic E-state index is 13.4. The molecule has 4 aliphatic rings. The van der Waals surface area contributed by atoms with Crippen LogP contribution < -0.4 is 10.1 Å². The van der Waals surface area contributed by atoms with Crippen LogP contribution in [-0.4, -0.2) is 48.8 Å². The lowest BCUT2D eigenvalue weighted by Crippen LogP contribution is -2.45. The number of hydrogen-bond donors (Lipinski definition) is 1. The van der Waals surface area contributed by atoms with Crippen LogP contribution in [0.4, 0.5) is 0 Å². The topological polar surface area (TPSA) is 50.8 Å². The van der Waals surface area contributed by atoms with E-state index in [0.717, 1.165) is 68.7 Å². The zero-order chi connectivity index (χ0) is 23.6.